The highest BCUT2D eigenvalue weighted by Gasteiger charge is 2.21. The second-order valence-electron chi connectivity index (χ2n) is 5.88. The smallest absolute Gasteiger partial charge is 0.0923 e. The van der Waals surface area contributed by atoms with E-state index >= 15 is 0 Å². The lowest BCUT2D eigenvalue weighted by atomic mass is 9.84. The molecule has 0 aliphatic rings. The van der Waals surface area contributed by atoms with Gasteiger partial charge in [-0.3, -0.25) is 5.10 Å². The van der Waals surface area contributed by atoms with Crippen LogP contribution in [0, 0.1) is 5.92 Å². The van der Waals surface area contributed by atoms with E-state index in [0.29, 0.717) is 11.8 Å². The van der Waals surface area contributed by atoms with Crippen molar-refractivity contribution in [2.75, 3.05) is 0 Å². The molecule has 2 atom stereocenters. The first-order chi connectivity index (χ1) is 10.8. The van der Waals surface area contributed by atoms with Crippen molar-refractivity contribution in [1.29, 1.82) is 0 Å². The summed E-state index contributed by atoms with van der Waals surface area (Å²) in [6.07, 6.45) is 4.20. The Morgan fingerprint density at radius 1 is 1.09 bits per heavy atom. The lowest BCUT2D eigenvalue weighted by Crippen LogP contribution is -2.10. The van der Waals surface area contributed by atoms with E-state index in [9.17, 15) is 0 Å². The topological polar surface area (TPSA) is 28.7 Å². The first kappa shape index (κ1) is 14.6. The molecule has 1 aromatic heterocycles. The van der Waals surface area contributed by atoms with E-state index < -0.39 is 0 Å². The molecule has 2 nitrogen and oxygen atoms in total. The summed E-state index contributed by atoms with van der Waals surface area (Å²) < 4.78 is 0. The van der Waals surface area contributed by atoms with E-state index in [1.165, 1.54) is 16.6 Å². The Morgan fingerprint density at radius 2 is 1.82 bits per heavy atom. The Bertz CT molecular complexity index is 743. The molecule has 2 heteroatoms. The minimum absolute atomic E-state index is 0.408. The predicted octanol–water partition coefficient (Wildman–Crippen LogP) is 5.10. The van der Waals surface area contributed by atoms with E-state index in [1.54, 1.807) is 0 Å². The zero-order chi connectivity index (χ0) is 15.4. The van der Waals surface area contributed by atoms with Crippen molar-refractivity contribution >= 4 is 10.9 Å². The van der Waals surface area contributed by atoms with E-state index in [0.717, 1.165) is 18.4 Å². The number of aryl methyl sites for hydroxylation is 1. The molecule has 22 heavy (non-hydrogen) atoms. The van der Waals surface area contributed by atoms with Crippen LogP contribution in [0.5, 0.6) is 0 Å². The van der Waals surface area contributed by atoms with Gasteiger partial charge >= 0.3 is 0 Å². The molecule has 0 radical (unpaired) electrons. The third-order valence-electron chi connectivity index (χ3n) is 4.46. The quantitative estimate of drug-likeness (QED) is 0.628. The molecule has 3 aromatic rings. The second kappa shape index (κ2) is 6.61. The Morgan fingerprint density at radius 3 is 2.59 bits per heavy atom. The molecule has 1 N–H and O–H groups in total. The molecule has 3 rings (SSSR count). The number of allylic oxidation sites excluding steroid dienone is 1. The van der Waals surface area contributed by atoms with Crippen molar-refractivity contribution in [3.8, 4) is 0 Å². The lowest BCUT2D eigenvalue weighted by Gasteiger charge is -2.20. The van der Waals surface area contributed by atoms with Crippen LogP contribution >= 0.6 is 0 Å². The third-order valence-corrected chi connectivity index (χ3v) is 4.46. The van der Waals surface area contributed by atoms with Gasteiger partial charge in [0.25, 0.3) is 0 Å². The van der Waals surface area contributed by atoms with Gasteiger partial charge in [-0.05, 0) is 30.4 Å². The van der Waals surface area contributed by atoms with Gasteiger partial charge in [0.15, 0.2) is 0 Å². The molecular weight excluding hydrogens is 268 g/mol. The van der Waals surface area contributed by atoms with Crippen LogP contribution in [0.15, 0.2) is 67.3 Å². The Hall–Kier alpha value is -2.35. The van der Waals surface area contributed by atoms with Crippen molar-refractivity contribution in [2.45, 2.75) is 25.7 Å². The number of hydrogen-bond donors (Lipinski definition) is 1. The lowest BCUT2D eigenvalue weighted by molar-refractivity contribution is 0.500. The van der Waals surface area contributed by atoms with E-state index in [1.807, 2.05) is 12.1 Å². The number of nitrogens with one attached hydrogen (secondary N) is 1. The largest absolute Gasteiger partial charge is 0.281 e. The van der Waals surface area contributed by atoms with Gasteiger partial charge in [0.1, 0.15) is 0 Å². The molecule has 0 bridgehead atoms. The van der Waals surface area contributed by atoms with Crippen LogP contribution in [-0.2, 0) is 6.42 Å². The summed E-state index contributed by atoms with van der Waals surface area (Å²) in [4.78, 5) is 0. The fourth-order valence-electron chi connectivity index (χ4n) is 3.06. The zero-order valence-corrected chi connectivity index (χ0v) is 13.0. The van der Waals surface area contributed by atoms with Crippen LogP contribution in [0.25, 0.3) is 10.9 Å². The standard InChI is InChI=1S/C20H22N2/c1-3-15(2)17(14-13-16-9-5-4-6-10-16)20-18-11-7-8-12-19(18)21-22-20/h3-12,15,17H,1,13-14H2,2H3,(H,21,22). The molecule has 2 unspecified atom stereocenters. The predicted molar refractivity (Wildman–Crippen MR) is 93.0 cm³/mol. The van der Waals surface area contributed by atoms with Gasteiger partial charge in [-0.2, -0.15) is 5.10 Å². The van der Waals surface area contributed by atoms with Gasteiger partial charge in [-0.15, -0.1) is 6.58 Å². The molecular formula is C20H22N2. The van der Waals surface area contributed by atoms with Gasteiger partial charge in [-0.25, -0.2) is 0 Å². The maximum Gasteiger partial charge on any atom is 0.0923 e. The summed E-state index contributed by atoms with van der Waals surface area (Å²) in [7, 11) is 0. The van der Waals surface area contributed by atoms with Crippen LogP contribution in [-0.4, -0.2) is 10.2 Å². The van der Waals surface area contributed by atoms with Crippen molar-refractivity contribution in [1.82, 2.24) is 10.2 Å². The molecule has 0 spiro atoms. The first-order valence-electron chi connectivity index (χ1n) is 7.89. The first-order valence-corrected chi connectivity index (χ1v) is 7.89. The highest BCUT2D eigenvalue weighted by Crippen LogP contribution is 2.33. The third kappa shape index (κ3) is 2.96. The van der Waals surface area contributed by atoms with Gasteiger partial charge in [0.05, 0.1) is 5.52 Å². The molecule has 0 saturated heterocycles. The molecule has 2 aromatic carbocycles. The molecule has 1 heterocycles. The number of hydrogen-bond acceptors (Lipinski definition) is 1. The average molecular weight is 290 g/mol. The van der Waals surface area contributed by atoms with Crippen LogP contribution in [0.2, 0.25) is 0 Å². The molecule has 0 saturated carbocycles. The molecule has 0 aliphatic heterocycles. The summed E-state index contributed by atoms with van der Waals surface area (Å²) in [5, 5.41) is 8.95. The normalized spacial score (nSPS) is 13.9. The highest BCUT2D eigenvalue weighted by atomic mass is 15.1. The van der Waals surface area contributed by atoms with E-state index in [4.69, 9.17) is 0 Å². The number of H-pyrrole nitrogens is 1. The minimum atomic E-state index is 0.408. The Balaban J connectivity index is 1.88. The summed E-state index contributed by atoms with van der Waals surface area (Å²) in [6.45, 7) is 6.23. The summed E-state index contributed by atoms with van der Waals surface area (Å²) >= 11 is 0. The number of para-hydroxylation sites is 1. The zero-order valence-electron chi connectivity index (χ0n) is 13.0. The fraction of sp³-hybridized carbons (Fsp3) is 0.250. The van der Waals surface area contributed by atoms with Crippen molar-refractivity contribution in [3.63, 3.8) is 0 Å². The average Bonchev–Trinajstić information content (AvgIpc) is 3.00. The number of aromatic amines is 1. The van der Waals surface area contributed by atoms with Gasteiger partial charge < -0.3 is 0 Å². The maximum absolute atomic E-state index is 4.45. The summed E-state index contributed by atoms with van der Waals surface area (Å²) in [6, 6.07) is 19.0. The van der Waals surface area contributed by atoms with Crippen LogP contribution in [0.1, 0.15) is 30.5 Å². The number of aromatic nitrogens is 2. The molecule has 112 valence electrons. The summed E-state index contributed by atoms with van der Waals surface area (Å²) in [5.41, 5.74) is 3.66. The number of nitrogens with zero attached hydrogens (tertiary/aromatic N) is 1. The Labute approximate surface area is 131 Å². The van der Waals surface area contributed by atoms with Gasteiger partial charge in [0, 0.05) is 17.0 Å². The van der Waals surface area contributed by atoms with Crippen molar-refractivity contribution < 1.29 is 0 Å². The van der Waals surface area contributed by atoms with E-state index in [-0.39, 0.29) is 0 Å². The van der Waals surface area contributed by atoms with Crippen molar-refractivity contribution in [2.24, 2.45) is 5.92 Å². The van der Waals surface area contributed by atoms with Gasteiger partial charge in [0.2, 0.25) is 0 Å². The molecule has 0 aliphatic carbocycles. The van der Waals surface area contributed by atoms with Crippen LogP contribution in [0.3, 0.4) is 0 Å². The Kier molecular flexibility index (Phi) is 4.38. The van der Waals surface area contributed by atoms with Gasteiger partial charge in [-0.1, -0.05) is 61.5 Å². The number of benzene rings is 2. The molecule has 0 fully saturated rings. The monoisotopic (exact) mass is 290 g/mol. The maximum atomic E-state index is 4.45. The van der Waals surface area contributed by atoms with E-state index in [2.05, 4.69) is 72.2 Å². The fourth-order valence-corrected chi connectivity index (χ4v) is 3.06. The minimum Gasteiger partial charge on any atom is -0.281 e. The SMILES string of the molecule is C=CC(C)C(CCc1ccccc1)c1[nH]nc2ccccc12. The second-order valence-corrected chi connectivity index (χ2v) is 5.88. The van der Waals surface area contributed by atoms with Crippen molar-refractivity contribution in [3.05, 3.63) is 78.5 Å². The number of rotatable bonds is 6. The van der Waals surface area contributed by atoms with Crippen LogP contribution in [0.4, 0.5) is 0 Å². The van der Waals surface area contributed by atoms with Crippen LogP contribution < -0.4 is 0 Å². The summed E-state index contributed by atoms with van der Waals surface area (Å²) in [5.74, 6) is 0.817. The highest BCUT2D eigenvalue weighted by molar-refractivity contribution is 5.81. The molecule has 0 amide bonds. The number of fused-ring (bicyclic) bond motifs is 1.